The number of thioether (sulfide) groups is 1. The monoisotopic (exact) mass is 392 g/mol. The molecule has 0 aliphatic rings. The van der Waals surface area contributed by atoms with Gasteiger partial charge in [-0.25, -0.2) is 4.98 Å². The summed E-state index contributed by atoms with van der Waals surface area (Å²) < 4.78 is 7.21. The van der Waals surface area contributed by atoms with Gasteiger partial charge in [0.15, 0.2) is 5.16 Å². The summed E-state index contributed by atoms with van der Waals surface area (Å²) in [7, 11) is 0. The second kappa shape index (κ2) is 7.59. The Labute approximate surface area is 166 Å². The number of nitrogens with zero attached hydrogens (tertiary/aromatic N) is 4. The number of hydrogen-bond donors (Lipinski definition) is 0. The second-order valence-electron chi connectivity index (χ2n) is 6.49. The predicted molar refractivity (Wildman–Crippen MR) is 110 cm³/mol. The molecule has 1 atom stereocenters. The van der Waals surface area contributed by atoms with Crippen LogP contribution in [0.25, 0.3) is 16.6 Å². The van der Waals surface area contributed by atoms with Gasteiger partial charge in [0, 0.05) is 6.92 Å². The van der Waals surface area contributed by atoms with Gasteiger partial charge in [-0.2, -0.15) is 0 Å². The van der Waals surface area contributed by atoms with E-state index in [-0.39, 0.29) is 10.8 Å². The van der Waals surface area contributed by atoms with Crippen molar-refractivity contribution in [1.29, 1.82) is 0 Å². The SMILES string of the molecule is CCc1ccc(-n2c(S[C@@H](C)c3nnc(C)o3)nc3ccccc3c2=O)cc1. The molecule has 0 N–H and O–H groups in total. The van der Waals surface area contributed by atoms with Gasteiger partial charge in [-0.3, -0.25) is 9.36 Å². The number of benzene rings is 2. The third-order valence-electron chi connectivity index (χ3n) is 4.52. The fourth-order valence-corrected chi connectivity index (χ4v) is 3.94. The van der Waals surface area contributed by atoms with Crippen molar-refractivity contribution in [3.8, 4) is 5.69 Å². The highest BCUT2D eigenvalue weighted by Gasteiger charge is 2.20. The van der Waals surface area contributed by atoms with Gasteiger partial charge in [-0.1, -0.05) is 43.0 Å². The molecule has 2 aromatic heterocycles. The zero-order valence-corrected chi connectivity index (χ0v) is 16.7. The van der Waals surface area contributed by atoms with Gasteiger partial charge in [-0.15, -0.1) is 10.2 Å². The average Bonchev–Trinajstić information content (AvgIpc) is 3.15. The zero-order chi connectivity index (χ0) is 19.7. The number of rotatable bonds is 5. The summed E-state index contributed by atoms with van der Waals surface area (Å²) in [6.07, 6.45) is 0.945. The first-order valence-electron chi connectivity index (χ1n) is 9.14. The van der Waals surface area contributed by atoms with E-state index < -0.39 is 0 Å². The van der Waals surface area contributed by atoms with Crippen LogP contribution in [0.3, 0.4) is 0 Å². The molecular weight excluding hydrogens is 372 g/mol. The van der Waals surface area contributed by atoms with E-state index in [2.05, 4.69) is 17.1 Å². The summed E-state index contributed by atoms with van der Waals surface area (Å²) in [5, 5.41) is 9.04. The first-order chi connectivity index (χ1) is 13.6. The lowest BCUT2D eigenvalue weighted by molar-refractivity contribution is 0.470. The third kappa shape index (κ3) is 3.45. The van der Waals surface area contributed by atoms with E-state index in [9.17, 15) is 4.79 Å². The van der Waals surface area contributed by atoms with Gasteiger partial charge in [0.2, 0.25) is 11.8 Å². The summed E-state index contributed by atoms with van der Waals surface area (Å²) in [5.74, 6) is 1.03. The molecule has 4 rings (SSSR count). The fraction of sp³-hybridized carbons (Fsp3) is 0.238. The van der Waals surface area contributed by atoms with Crippen molar-refractivity contribution >= 4 is 22.7 Å². The van der Waals surface area contributed by atoms with Crippen LogP contribution in [0.15, 0.2) is 62.9 Å². The molecule has 0 aliphatic heterocycles. The Kier molecular flexibility index (Phi) is 5.00. The van der Waals surface area contributed by atoms with Crippen molar-refractivity contribution in [2.24, 2.45) is 0 Å². The quantitative estimate of drug-likeness (QED) is 0.368. The highest BCUT2D eigenvalue weighted by Crippen LogP contribution is 2.34. The highest BCUT2D eigenvalue weighted by atomic mass is 32.2. The fourth-order valence-electron chi connectivity index (χ4n) is 2.98. The molecule has 0 saturated carbocycles. The number of aromatic nitrogens is 4. The van der Waals surface area contributed by atoms with E-state index in [1.165, 1.54) is 17.3 Å². The molecule has 0 bridgehead atoms. The zero-order valence-electron chi connectivity index (χ0n) is 15.9. The summed E-state index contributed by atoms with van der Waals surface area (Å²) in [4.78, 5) is 18.0. The molecule has 4 aromatic rings. The van der Waals surface area contributed by atoms with E-state index >= 15 is 0 Å². The molecule has 0 fully saturated rings. The maximum Gasteiger partial charge on any atom is 0.266 e. The van der Waals surface area contributed by atoms with Crippen molar-refractivity contribution in [3.63, 3.8) is 0 Å². The third-order valence-corrected chi connectivity index (χ3v) is 5.56. The Balaban J connectivity index is 1.86. The van der Waals surface area contributed by atoms with Crippen LogP contribution >= 0.6 is 11.8 Å². The lowest BCUT2D eigenvalue weighted by Crippen LogP contribution is -2.22. The smallest absolute Gasteiger partial charge is 0.266 e. The number of hydrogen-bond acceptors (Lipinski definition) is 6. The Hall–Kier alpha value is -2.93. The van der Waals surface area contributed by atoms with Gasteiger partial charge in [0.05, 0.1) is 21.8 Å². The molecule has 2 aromatic carbocycles. The van der Waals surface area contributed by atoms with E-state index in [0.717, 1.165) is 12.1 Å². The molecule has 6 nitrogen and oxygen atoms in total. The largest absolute Gasteiger partial charge is 0.424 e. The van der Waals surface area contributed by atoms with E-state index in [1.54, 1.807) is 17.6 Å². The van der Waals surface area contributed by atoms with Crippen molar-refractivity contribution in [2.45, 2.75) is 37.6 Å². The highest BCUT2D eigenvalue weighted by molar-refractivity contribution is 7.99. The van der Waals surface area contributed by atoms with Crippen LogP contribution in [0.2, 0.25) is 0 Å². The first kappa shape index (κ1) is 18.4. The lowest BCUT2D eigenvalue weighted by Gasteiger charge is -2.15. The molecule has 0 amide bonds. The topological polar surface area (TPSA) is 73.8 Å². The minimum atomic E-state index is -0.143. The standard InChI is InChI=1S/C21H20N4O2S/c1-4-15-9-11-16(12-10-15)25-20(26)17-7-5-6-8-18(17)22-21(25)28-13(2)19-24-23-14(3)27-19/h5-13H,4H2,1-3H3/t13-/m0/s1. The van der Waals surface area contributed by atoms with E-state index in [0.29, 0.717) is 27.8 Å². The van der Waals surface area contributed by atoms with Gasteiger partial charge < -0.3 is 4.42 Å². The summed E-state index contributed by atoms with van der Waals surface area (Å²) >= 11 is 1.43. The average molecular weight is 392 g/mol. The first-order valence-corrected chi connectivity index (χ1v) is 10.0. The van der Waals surface area contributed by atoms with Gasteiger partial charge in [-0.05, 0) is 43.2 Å². The van der Waals surface area contributed by atoms with Gasteiger partial charge in [0.1, 0.15) is 0 Å². The van der Waals surface area contributed by atoms with E-state index in [4.69, 9.17) is 9.40 Å². The number of para-hydroxylation sites is 1. The Morgan fingerprint density at radius 2 is 1.86 bits per heavy atom. The van der Waals surface area contributed by atoms with Crippen molar-refractivity contribution < 1.29 is 4.42 Å². The van der Waals surface area contributed by atoms with Crippen LogP contribution in [0, 0.1) is 6.92 Å². The maximum atomic E-state index is 13.3. The molecule has 2 heterocycles. The van der Waals surface area contributed by atoms with Crippen LogP contribution in [-0.2, 0) is 6.42 Å². The minimum Gasteiger partial charge on any atom is -0.424 e. The molecule has 0 radical (unpaired) electrons. The van der Waals surface area contributed by atoms with E-state index in [1.807, 2.05) is 49.4 Å². The second-order valence-corrected chi connectivity index (χ2v) is 7.80. The van der Waals surface area contributed by atoms with Crippen LogP contribution in [-0.4, -0.2) is 19.7 Å². The van der Waals surface area contributed by atoms with Crippen LogP contribution in [0.1, 0.15) is 36.4 Å². The number of aryl methyl sites for hydroxylation is 2. The molecule has 0 saturated heterocycles. The summed E-state index contributed by atoms with van der Waals surface area (Å²) in [6.45, 7) is 5.82. The normalized spacial score (nSPS) is 12.4. The molecule has 28 heavy (non-hydrogen) atoms. The molecule has 0 spiro atoms. The molecule has 142 valence electrons. The Morgan fingerprint density at radius 3 is 2.54 bits per heavy atom. The molecule has 7 heteroatoms. The van der Waals surface area contributed by atoms with Crippen LogP contribution in [0.5, 0.6) is 0 Å². The van der Waals surface area contributed by atoms with Crippen molar-refractivity contribution in [3.05, 3.63) is 76.2 Å². The van der Waals surface area contributed by atoms with Gasteiger partial charge >= 0.3 is 0 Å². The predicted octanol–water partition coefficient (Wildman–Crippen LogP) is 4.49. The maximum absolute atomic E-state index is 13.3. The molecular formula is C21H20N4O2S. The Bertz CT molecular complexity index is 1180. The van der Waals surface area contributed by atoms with Crippen molar-refractivity contribution in [1.82, 2.24) is 19.7 Å². The van der Waals surface area contributed by atoms with Crippen LogP contribution < -0.4 is 5.56 Å². The molecule has 0 aliphatic carbocycles. The molecule has 0 unspecified atom stereocenters. The summed E-state index contributed by atoms with van der Waals surface area (Å²) in [6, 6.07) is 15.4. The Morgan fingerprint density at radius 1 is 1.11 bits per heavy atom. The minimum absolute atomic E-state index is 0.0914. The summed E-state index contributed by atoms with van der Waals surface area (Å²) in [5.41, 5.74) is 2.59. The van der Waals surface area contributed by atoms with Gasteiger partial charge in [0.25, 0.3) is 5.56 Å². The lowest BCUT2D eigenvalue weighted by atomic mass is 10.1. The van der Waals surface area contributed by atoms with Crippen molar-refractivity contribution in [2.75, 3.05) is 0 Å². The van der Waals surface area contributed by atoms with Crippen LogP contribution in [0.4, 0.5) is 0 Å². The number of fused-ring (bicyclic) bond motifs is 1.